The number of anilines is 1. The molecule has 0 fully saturated rings. The van der Waals surface area contributed by atoms with E-state index in [4.69, 9.17) is 27.9 Å². The average Bonchev–Trinajstić information content (AvgIpc) is 2.72. The second-order valence-corrected chi connectivity index (χ2v) is 6.91. The van der Waals surface area contributed by atoms with Gasteiger partial charge in [0.2, 0.25) is 0 Å². The Kier molecular flexibility index (Phi) is 6.91. The van der Waals surface area contributed by atoms with Crippen molar-refractivity contribution in [1.82, 2.24) is 0 Å². The van der Waals surface area contributed by atoms with Crippen LogP contribution in [0.15, 0.2) is 78.4 Å². The van der Waals surface area contributed by atoms with Crippen molar-refractivity contribution in [2.45, 2.75) is 6.61 Å². The van der Waals surface area contributed by atoms with E-state index in [1.54, 1.807) is 36.4 Å². The van der Waals surface area contributed by atoms with Gasteiger partial charge in [0, 0.05) is 16.3 Å². The molecule has 0 aliphatic heterocycles. The van der Waals surface area contributed by atoms with Crippen LogP contribution in [0.3, 0.4) is 0 Å². The Hall–Kier alpha value is -3.26. The van der Waals surface area contributed by atoms with Crippen LogP contribution in [0, 0.1) is 11.3 Å². The maximum Gasteiger partial charge on any atom is 0.266 e. The van der Waals surface area contributed by atoms with Crippen molar-refractivity contribution in [1.29, 1.82) is 5.26 Å². The molecule has 0 aromatic heterocycles. The van der Waals surface area contributed by atoms with Crippen molar-refractivity contribution in [3.63, 3.8) is 0 Å². The van der Waals surface area contributed by atoms with Gasteiger partial charge in [0.05, 0.1) is 5.02 Å². The number of carbonyl (C=O) groups excluding carboxylic acids is 1. The van der Waals surface area contributed by atoms with Gasteiger partial charge in [0.1, 0.15) is 24.0 Å². The van der Waals surface area contributed by atoms with E-state index in [0.29, 0.717) is 27.0 Å². The van der Waals surface area contributed by atoms with E-state index in [9.17, 15) is 10.1 Å². The number of benzene rings is 3. The maximum atomic E-state index is 12.5. The molecule has 0 atom stereocenters. The first-order valence-corrected chi connectivity index (χ1v) is 9.46. The lowest BCUT2D eigenvalue weighted by Crippen LogP contribution is -2.13. The fraction of sp³-hybridized carbons (Fsp3) is 0.0435. The number of hydrogen-bond donors (Lipinski definition) is 1. The second kappa shape index (κ2) is 9.79. The molecule has 144 valence electrons. The Bertz CT molecular complexity index is 1080. The minimum absolute atomic E-state index is 0.100. The summed E-state index contributed by atoms with van der Waals surface area (Å²) in [7, 11) is 0. The van der Waals surface area contributed by atoms with E-state index >= 15 is 0 Å². The highest BCUT2D eigenvalue weighted by molar-refractivity contribution is 6.36. The molecule has 0 saturated heterocycles. The van der Waals surface area contributed by atoms with Crippen LogP contribution in [0.5, 0.6) is 5.75 Å². The van der Waals surface area contributed by atoms with E-state index in [2.05, 4.69) is 5.32 Å². The van der Waals surface area contributed by atoms with Gasteiger partial charge in [-0.25, -0.2) is 0 Å². The number of amides is 1. The molecule has 3 rings (SSSR count). The van der Waals surface area contributed by atoms with Crippen molar-refractivity contribution in [3.05, 3.63) is 99.5 Å². The summed E-state index contributed by atoms with van der Waals surface area (Å²) >= 11 is 12.4. The van der Waals surface area contributed by atoms with Crippen LogP contribution in [0.2, 0.25) is 10.0 Å². The molecular weight excluding hydrogens is 407 g/mol. The van der Waals surface area contributed by atoms with Crippen molar-refractivity contribution in [3.8, 4) is 11.8 Å². The first kappa shape index (κ1) is 20.5. The summed E-state index contributed by atoms with van der Waals surface area (Å²) in [6.45, 7) is 0.279. The van der Waals surface area contributed by atoms with E-state index in [1.807, 2.05) is 42.5 Å². The monoisotopic (exact) mass is 422 g/mol. The third-order valence-corrected chi connectivity index (χ3v) is 4.46. The van der Waals surface area contributed by atoms with Crippen LogP contribution in [0.1, 0.15) is 11.1 Å². The summed E-state index contributed by atoms with van der Waals surface area (Å²) < 4.78 is 5.88. The number of nitriles is 1. The first-order valence-electron chi connectivity index (χ1n) is 8.71. The smallest absolute Gasteiger partial charge is 0.266 e. The standard InChI is InChI=1S/C23H16Cl2N2O2/c24-19-12-17(11-18(14-26)23(28)27-20-9-5-2-6-10-20)22(21(25)13-19)29-15-16-7-3-1-4-8-16/h1-13H,15H2,(H,27,28)/b18-11+. The summed E-state index contributed by atoms with van der Waals surface area (Å²) in [6, 6.07) is 23.5. The van der Waals surface area contributed by atoms with Crippen LogP contribution >= 0.6 is 23.2 Å². The van der Waals surface area contributed by atoms with Crippen LogP contribution in [-0.4, -0.2) is 5.91 Å². The third kappa shape index (κ3) is 5.61. The van der Waals surface area contributed by atoms with Gasteiger partial charge in [-0.2, -0.15) is 5.26 Å². The lowest BCUT2D eigenvalue weighted by molar-refractivity contribution is -0.112. The lowest BCUT2D eigenvalue weighted by atomic mass is 10.1. The Morgan fingerprint density at radius 3 is 2.34 bits per heavy atom. The highest BCUT2D eigenvalue weighted by atomic mass is 35.5. The molecule has 0 radical (unpaired) electrons. The zero-order chi connectivity index (χ0) is 20.6. The average molecular weight is 423 g/mol. The summed E-state index contributed by atoms with van der Waals surface area (Å²) in [5.74, 6) is -0.191. The number of ether oxygens (including phenoxy) is 1. The first-order chi connectivity index (χ1) is 14.1. The largest absolute Gasteiger partial charge is 0.487 e. The van der Waals surface area contributed by atoms with Crippen LogP contribution in [-0.2, 0) is 11.4 Å². The topological polar surface area (TPSA) is 62.1 Å². The number of hydrogen-bond acceptors (Lipinski definition) is 3. The number of nitrogens with one attached hydrogen (secondary N) is 1. The zero-order valence-corrected chi connectivity index (χ0v) is 16.7. The normalized spacial score (nSPS) is 10.9. The Labute approximate surface area is 179 Å². The molecule has 1 N–H and O–H groups in total. The molecule has 0 aliphatic rings. The molecule has 0 bridgehead atoms. The van der Waals surface area contributed by atoms with Gasteiger partial charge in [-0.15, -0.1) is 0 Å². The van der Waals surface area contributed by atoms with Crippen LogP contribution < -0.4 is 10.1 Å². The van der Waals surface area contributed by atoms with Crippen LogP contribution in [0.4, 0.5) is 5.69 Å². The van der Waals surface area contributed by atoms with E-state index in [1.165, 1.54) is 6.08 Å². The number of nitrogens with zero attached hydrogens (tertiary/aromatic N) is 1. The highest BCUT2D eigenvalue weighted by Gasteiger charge is 2.14. The zero-order valence-electron chi connectivity index (χ0n) is 15.2. The van der Waals surface area contributed by atoms with Gasteiger partial charge in [-0.3, -0.25) is 4.79 Å². The fourth-order valence-electron chi connectivity index (χ4n) is 2.59. The molecule has 0 saturated carbocycles. The van der Waals surface area contributed by atoms with Crippen molar-refractivity contribution in [2.24, 2.45) is 0 Å². The summed E-state index contributed by atoms with van der Waals surface area (Å²) in [5, 5.41) is 12.8. The molecular formula is C23H16Cl2N2O2. The molecule has 3 aromatic rings. The SMILES string of the molecule is N#C/C(=C\c1cc(Cl)cc(Cl)c1OCc1ccccc1)C(=O)Nc1ccccc1. The predicted octanol–water partition coefficient (Wildman–Crippen LogP) is 6.12. The molecule has 0 unspecified atom stereocenters. The minimum Gasteiger partial charge on any atom is -0.487 e. The summed E-state index contributed by atoms with van der Waals surface area (Å²) in [4.78, 5) is 12.5. The summed E-state index contributed by atoms with van der Waals surface area (Å²) in [6.07, 6.45) is 1.41. The Morgan fingerprint density at radius 1 is 1.03 bits per heavy atom. The molecule has 0 spiro atoms. The second-order valence-electron chi connectivity index (χ2n) is 6.07. The molecule has 6 heteroatoms. The molecule has 29 heavy (non-hydrogen) atoms. The van der Waals surface area contributed by atoms with Crippen molar-refractivity contribution >= 4 is 40.9 Å². The number of carbonyl (C=O) groups is 1. The minimum atomic E-state index is -0.538. The number of halogens is 2. The van der Waals surface area contributed by atoms with Gasteiger partial charge < -0.3 is 10.1 Å². The van der Waals surface area contributed by atoms with Gasteiger partial charge in [0.15, 0.2) is 0 Å². The Morgan fingerprint density at radius 2 is 1.69 bits per heavy atom. The summed E-state index contributed by atoms with van der Waals surface area (Å²) in [5.41, 5.74) is 1.88. The van der Waals surface area contributed by atoms with E-state index in [-0.39, 0.29) is 12.2 Å². The quantitative estimate of drug-likeness (QED) is 0.384. The molecule has 3 aromatic carbocycles. The van der Waals surface area contributed by atoms with Gasteiger partial charge in [-0.1, -0.05) is 71.7 Å². The molecule has 1 amide bonds. The van der Waals surface area contributed by atoms with Crippen molar-refractivity contribution < 1.29 is 9.53 Å². The van der Waals surface area contributed by atoms with E-state index < -0.39 is 5.91 Å². The highest BCUT2D eigenvalue weighted by Crippen LogP contribution is 2.34. The van der Waals surface area contributed by atoms with Gasteiger partial charge in [-0.05, 0) is 35.9 Å². The number of para-hydroxylation sites is 1. The molecule has 4 nitrogen and oxygen atoms in total. The van der Waals surface area contributed by atoms with Crippen LogP contribution in [0.25, 0.3) is 6.08 Å². The fourth-order valence-corrected chi connectivity index (χ4v) is 3.16. The van der Waals surface area contributed by atoms with E-state index in [0.717, 1.165) is 5.56 Å². The lowest BCUT2D eigenvalue weighted by Gasteiger charge is -2.12. The maximum absolute atomic E-state index is 12.5. The Balaban J connectivity index is 1.89. The van der Waals surface area contributed by atoms with Gasteiger partial charge >= 0.3 is 0 Å². The van der Waals surface area contributed by atoms with Crippen molar-refractivity contribution in [2.75, 3.05) is 5.32 Å². The third-order valence-electron chi connectivity index (χ3n) is 3.96. The predicted molar refractivity (Wildman–Crippen MR) is 116 cm³/mol. The van der Waals surface area contributed by atoms with Gasteiger partial charge in [0.25, 0.3) is 5.91 Å². The molecule has 0 aliphatic carbocycles. The number of rotatable bonds is 6. The molecule has 0 heterocycles.